The number of carbonyl (C=O) groups excluding carboxylic acids is 1. The maximum atomic E-state index is 14.9. The minimum Gasteiger partial charge on any atom is -0.381 e. The van der Waals surface area contributed by atoms with Crippen molar-refractivity contribution in [2.45, 2.75) is 56.7 Å². The highest BCUT2D eigenvalue weighted by Crippen LogP contribution is 2.48. The zero-order valence-corrected chi connectivity index (χ0v) is 20.7. The van der Waals surface area contributed by atoms with Gasteiger partial charge in [-0.05, 0) is 32.2 Å². The molecular formula is C26H29F5N4O2. The van der Waals surface area contributed by atoms with Crippen LogP contribution in [0.3, 0.4) is 0 Å². The molecule has 0 radical (unpaired) electrons. The first-order chi connectivity index (χ1) is 17.3. The van der Waals surface area contributed by atoms with E-state index < -0.39 is 46.8 Å². The molecule has 1 amide bonds. The van der Waals surface area contributed by atoms with Crippen LogP contribution in [0.4, 0.5) is 27.6 Å². The molecule has 11 heteroatoms. The molecule has 1 aromatic carbocycles. The highest BCUT2D eigenvalue weighted by molar-refractivity contribution is 5.99. The molecule has 2 saturated carbocycles. The number of hydrogen-bond donors (Lipinski definition) is 2. The number of alkyl halides is 4. The van der Waals surface area contributed by atoms with Gasteiger partial charge in [-0.2, -0.15) is 0 Å². The quantitative estimate of drug-likeness (QED) is 0.523. The van der Waals surface area contributed by atoms with Crippen molar-refractivity contribution in [3.63, 3.8) is 0 Å². The van der Waals surface area contributed by atoms with Gasteiger partial charge in [-0.1, -0.05) is 18.2 Å². The molecule has 3 aliphatic rings. The van der Waals surface area contributed by atoms with Gasteiger partial charge in [0.1, 0.15) is 11.9 Å². The van der Waals surface area contributed by atoms with E-state index in [0.29, 0.717) is 18.8 Å². The number of halogens is 5. The highest BCUT2D eigenvalue weighted by Gasteiger charge is 2.55. The predicted molar refractivity (Wildman–Crippen MR) is 128 cm³/mol. The van der Waals surface area contributed by atoms with E-state index >= 15 is 0 Å². The lowest BCUT2D eigenvalue weighted by atomic mass is 9.87. The average molecular weight is 525 g/mol. The molecule has 5 atom stereocenters. The van der Waals surface area contributed by atoms with Gasteiger partial charge in [0, 0.05) is 50.3 Å². The molecule has 1 aliphatic heterocycles. The molecule has 1 saturated heterocycles. The smallest absolute Gasteiger partial charge is 0.273 e. The van der Waals surface area contributed by atoms with Crippen LogP contribution < -0.4 is 16.2 Å². The van der Waals surface area contributed by atoms with E-state index in [2.05, 4.69) is 15.5 Å². The Morgan fingerprint density at radius 2 is 1.89 bits per heavy atom. The van der Waals surface area contributed by atoms with Crippen LogP contribution in [0.25, 0.3) is 0 Å². The van der Waals surface area contributed by atoms with Gasteiger partial charge in [-0.3, -0.25) is 9.59 Å². The molecule has 0 unspecified atom stereocenters. The highest BCUT2D eigenvalue weighted by atomic mass is 19.3. The van der Waals surface area contributed by atoms with Crippen LogP contribution in [0.15, 0.2) is 35.3 Å². The van der Waals surface area contributed by atoms with Gasteiger partial charge >= 0.3 is 0 Å². The summed E-state index contributed by atoms with van der Waals surface area (Å²) in [4.78, 5) is 28.3. The molecule has 0 spiro atoms. The second kappa shape index (κ2) is 8.82. The van der Waals surface area contributed by atoms with E-state index in [-0.39, 0.29) is 35.7 Å². The van der Waals surface area contributed by atoms with Crippen molar-refractivity contribution in [2.24, 2.45) is 11.8 Å². The maximum absolute atomic E-state index is 14.9. The SMILES string of the molecule is C[C@@H](NC(=O)c1cn([C@@H]2CCC2(F)F)c(=O)cc1N[C@@H]1[C@@H]2CN(C)C[C@@H]21)c1cccc(C(C)(F)F)c1F. The van der Waals surface area contributed by atoms with Crippen molar-refractivity contribution in [2.75, 3.05) is 25.5 Å². The summed E-state index contributed by atoms with van der Waals surface area (Å²) in [6.45, 7) is 3.76. The number of hydrogen-bond acceptors (Lipinski definition) is 4. The molecule has 37 heavy (non-hydrogen) atoms. The molecule has 1 aromatic heterocycles. The van der Waals surface area contributed by atoms with Crippen LogP contribution in [-0.2, 0) is 5.92 Å². The van der Waals surface area contributed by atoms with Crippen molar-refractivity contribution in [1.82, 2.24) is 14.8 Å². The van der Waals surface area contributed by atoms with Gasteiger partial charge in [0.05, 0.1) is 22.9 Å². The van der Waals surface area contributed by atoms with Crippen molar-refractivity contribution in [3.8, 4) is 0 Å². The number of rotatable bonds is 7. The number of anilines is 1. The molecule has 3 fully saturated rings. The fourth-order valence-corrected chi connectivity index (χ4v) is 5.63. The van der Waals surface area contributed by atoms with Crippen LogP contribution in [0.5, 0.6) is 0 Å². The zero-order chi connectivity index (χ0) is 26.9. The lowest BCUT2D eigenvalue weighted by Gasteiger charge is -2.37. The van der Waals surface area contributed by atoms with E-state index in [1.54, 1.807) is 0 Å². The standard InChI is InChI=1S/C26H29F5N4O2/c1-13(14-5-4-6-18(22(14)27)25(2,28)29)32-24(37)17-12-35(20-7-8-26(20,30)31)21(36)9-19(17)33-23-15-10-34(3)11-16(15)23/h4-6,9,12-13,15-16,20,23,33H,7-8,10-11H2,1-3H3,(H,32,37)/t13-,15-,16+,20-,23-/m1/s1. The lowest BCUT2D eigenvalue weighted by molar-refractivity contribution is -0.123. The first-order valence-corrected chi connectivity index (χ1v) is 12.3. The zero-order valence-electron chi connectivity index (χ0n) is 20.7. The fourth-order valence-electron chi connectivity index (χ4n) is 5.63. The maximum Gasteiger partial charge on any atom is 0.273 e. The van der Waals surface area contributed by atoms with Gasteiger partial charge in [-0.15, -0.1) is 0 Å². The Balaban J connectivity index is 1.45. The molecule has 6 nitrogen and oxygen atoms in total. The van der Waals surface area contributed by atoms with E-state index in [9.17, 15) is 31.5 Å². The molecule has 0 bridgehead atoms. The molecule has 2 aliphatic carbocycles. The van der Waals surface area contributed by atoms with Gasteiger partial charge < -0.3 is 20.1 Å². The Kier molecular flexibility index (Phi) is 6.12. The number of likely N-dealkylation sites (tertiary alicyclic amines) is 1. The van der Waals surface area contributed by atoms with Gasteiger partial charge in [0.2, 0.25) is 0 Å². The summed E-state index contributed by atoms with van der Waals surface area (Å²) in [7, 11) is 2.01. The summed E-state index contributed by atoms with van der Waals surface area (Å²) in [5, 5.41) is 5.83. The summed E-state index contributed by atoms with van der Waals surface area (Å²) in [6.07, 6.45) is 0.875. The normalized spacial score (nSPS) is 27.2. The Morgan fingerprint density at radius 3 is 2.46 bits per heavy atom. The molecule has 200 valence electrons. The molecular weight excluding hydrogens is 495 g/mol. The number of benzene rings is 1. The minimum absolute atomic E-state index is 0.0372. The topological polar surface area (TPSA) is 66.4 Å². The molecule has 2 aromatic rings. The van der Waals surface area contributed by atoms with Crippen molar-refractivity contribution >= 4 is 11.6 Å². The number of carbonyl (C=O) groups is 1. The summed E-state index contributed by atoms with van der Waals surface area (Å²) in [5.74, 6) is -7.64. The number of pyridine rings is 1. The van der Waals surface area contributed by atoms with Crippen LogP contribution in [0, 0.1) is 17.7 Å². The number of piperidine rings is 1. The van der Waals surface area contributed by atoms with Crippen LogP contribution >= 0.6 is 0 Å². The van der Waals surface area contributed by atoms with Gasteiger partial charge in [-0.25, -0.2) is 22.0 Å². The Bertz CT molecular complexity index is 1280. The summed E-state index contributed by atoms with van der Waals surface area (Å²) >= 11 is 0. The lowest BCUT2D eigenvalue weighted by Crippen LogP contribution is -2.45. The van der Waals surface area contributed by atoms with E-state index in [1.165, 1.54) is 19.1 Å². The number of aromatic nitrogens is 1. The third-order valence-electron chi connectivity index (χ3n) is 7.91. The Labute approximate surface area is 210 Å². The molecule has 2 heterocycles. The van der Waals surface area contributed by atoms with Crippen LogP contribution in [0.1, 0.15) is 60.3 Å². The number of fused-ring (bicyclic) bond motifs is 1. The van der Waals surface area contributed by atoms with Crippen molar-refractivity contribution < 1.29 is 26.7 Å². The van der Waals surface area contributed by atoms with E-state index in [1.807, 2.05) is 7.05 Å². The van der Waals surface area contributed by atoms with E-state index in [0.717, 1.165) is 36.0 Å². The van der Waals surface area contributed by atoms with Crippen LogP contribution in [-0.4, -0.2) is 47.5 Å². The first kappa shape index (κ1) is 25.7. The monoisotopic (exact) mass is 524 g/mol. The number of nitrogens with zero attached hydrogens (tertiary/aromatic N) is 2. The fraction of sp³-hybridized carbons (Fsp3) is 0.538. The van der Waals surface area contributed by atoms with Crippen molar-refractivity contribution in [1.29, 1.82) is 0 Å². The summed E-state index contributed by atoms with van der Waals surface area (Å²) in [6, 6.07) is 2.39. The molecule has 5 rings (SSSR count). The summed E-state index contributed by atoms with van der Waals surface area (Å²) in [5.41, 5.74) is -1.40. The second-order valence-electron chi connectivity index (χ2n) is 10.7. The number of nitrogens with one attached hydrogen (secondary N) is 2. The summed E-state index contributed by atoms with van der Waals surface area (Å²) < 4.78 is 71.7. The Morgan fingerprint density at radius 1 is 1.22 bits per heavy atom. The third-order valence-corrected chi connectivity index (χ3v) is 7.91. The average Bonchev–Trinajstić information content (AvgIpc) is 3.23. The van der Waals surface area contributed by atoms with Gasteiger partial charge in [0.15, 0.2) is 0 Å². The van der Waals surface area contributed by atoms with Crippen molar-refractivity contribution in [3.05, 3.63) is 63.3 Å². The van der Waals surface area contributed by atoms with Gasteiger partial charge in [0.25, 0.3) is 23.3 Å². The number of amides is 1. The Hall–Kier alpha value is -2.95. The largest absolute Gasteiger partial charge is 0.381 e. The second-order valence-corrected chi connectivity index (χ2v) is 10.7. The third kappa shape index (κ3) is 4.62. The van der Waals surface area contributed by atoms with Crippen LogP contribution in [0.2, 0.25) is 0 Å². The predicted octanol–water partition coefficient (Wildman–Crippen LogP) is 4.53. The first-order valence-electron chi connectivity index (χ1n) is 12.3. The molecule has 2 N–H and O–H groups in total. The minimum atomic E-state index is -3.42. The van der Waals surface area contributed by atoms with E-state index in [4.69, 9.17) is 0 Å².